The number of hydrogen-bond acceptors (Lipinski definition) is 2. The van der Waals surface area contributed by atoms with E-state index >= 15 is 0 Å². The molecule has 20 heavy (non-hydrogen) atoms. The zero-order chi connectivity index (χ0) is 13.8. The van der Waals surface area contributed by atoms with E-state index in [4.69, 9.17) is 0 Å². The number of rotatable bonds is 3. The van der Waals surface area contributed by atoms with Crippen LogP contribution in [0.15, 0.2) is 54.6 Å². The van der Waals surface area contributed by atoms with Gasteiger partial charge in [0, 0.05) is 35.8 Å². The van der Waals surface area contributed by atoms with Crippen molar-refractivity contribution in [2.45, 2.75) is 12.6 Å². The minimum absolute atomic E-state index is 0.453. The van der Waals surface area contributed by atoms with Crippen molar-refractivity contribution < 1.29 is 0 Å². The molecule has 1 aliphatic heterocycles. The lowest BCUT2D eigenvalue weighted by molar-refractivity contribution is 0.193. The van der Waals surface area contributed by atoms with Crippen LogP contribution in [-0.4, -0.2) is 24.5 Å². The van der Waals surface area contributed by atoms with Crippen molar-refractivity contribution in [1.29, 1.82) is 0 Å². The van der Waals surface area contributed by atoms with Gasteiger partial charge in [0.2, 0.25) is 0 Å². The molecule has 0 bridgehead atoms. The van der Waals surface area contributed by atoms with Crippen molar-refractivity contribution in [1.82, 2.24) is 10.2 Å². The second-order valence-corrected chi connectivity index (χ2v) is 6.52. The normalized spacial score (nSPS) is 19.9. The van der Waals surface area contributed by atoms with Crippen molar-refractivity contribution >= 4 is 22.6 Å². The molecule has 1 atom stereocenters. The van der Waals surface area contributed by atoms with Crippen LogP contribution in [0.3, 0.4) is 0 Å². The lowest BCUT2D eigenvalue weighted by atomic mass is 10.0. The molecule has 104 valence electrons. The maximum atomic E-state index is 3.62. The summed E-state index contributed by atoms with van der Waals surface area (Å²) in [6.45, 7) is 4.30. The van der Waals surface area contributed by atoms with E-state index in [2.05, 4.69) is 87.4 Å². The van der Waals surface area contributed by atoms with Crippen molar-refractivity contribution in [2.75, 3.05) is 19.6 Å². The van der Waals surface area contributed by atoms with Crippen molar-refractivity contribution in [3.63, 3.8) is 0 Å². The quantitative estimate of drug-likeness (QED) is 0.824. The number of benzene rings is 2. The number of nitrogens with zero attached hydrogens (tertiary/aromatic N) is 1. The number of hydrogen-bond donors (Lipinski definition) is 1. The van der Waals surface area contributed by atoms with E-state index in [0.717, 1.165) is 26.2 Å². The molecule has 0 amide bonds. The van der Waals surface area contributed by atoms with Gasteiger partial charge < -0.3 is 5.32 Å². The molecular weight excluding hydrogens is 359 g/mol. The first kappa shape index (κ1) is 14.0. The van der Waals surface area contributed by atoms with Crippen LogP contribution in [0.5, 0.6) is 0 Å². The van der Waals surface area contributed by atoms with Gasteiger partial charge >= 0.3 is 0 Å². The Bertz CT molecular complexity index is 539. The second kappa shape index (κ2) is 6.70. The Balaban J connectivity index is 1.65. The predicted octanol–water partition coefficient (Wildman–Crippen LogP) is 3.44. The molecule has 3 heteroatoms. The smallest absolute Gasteiger partial charge is 0.0449 e. The third kappa shape index (κ3) is 3.59. The summed E-state index contributed by atoms with van der Waals surface area (Å²) in [5.41, 5.74) is 2.79. The van der Waals surface area contributed by atoms with Crippen LogP contribution < -0.4 is 5.32 Å². The molecule has 1 aliphatic rings. The Labute approximate surface area is 134 Å². The van der Waals surface area contributed by atoms with Crippen LogP contribution >= 0.6 is 22.6 Å². The van der Waals surface area contributed by atoms with E-state index in [1.165, 1.54) is 14.7 Å². The molecule has 3 rings (SSSR count). The van der Waals surface area contributed by atoms with Crippen LogP contribution in [0.25, 0.3) is 0 Å². The highest BCUT2D eigenvalue weighted by Crippen LogP contribution is 2.18. The maximum absolute atomic E-state index is 3.62. The molecule has 0 aliphatic carbocycles. The van der Waals surface area contributed by atoms with E-state index in [1.54, 1.807) is 0 Å². The van der Waals surface area contributed by atoms with E-state index in [-0.39, 0.29) is 0 Å². The zero-order valence-electron chi connectivity index (χ0n) is 11.4. The largest absolute Gasteiger partial charge is 0.308 e. The van der Waals surface area contributed by atoms with Crippen LogP contribution in [0.4, 0.5) is 0 Å². The van der Waals surface area contributed by atoms with Crippen molar-refractivity contribution in [3.8, 4) is 0 Å². The Morgan fingerprint density at radius 2 is 1.80 bits per heavy atom. The van der Waals surface area contributed by atoms with Crippen LogP contribution in [0.2, 0.25) is 0 Å². The van der Waals surface area contributed by atoms with Gasteiger partial charge in [0.25, 0.3) is 0 Å². The summed E-state index contributed by atoms with van der Waals surface area (Å²) in [6, 6.07) is 20.0. The van der Waals surface area contributed by atoms with E-state index in [9.17, 15) is 0 Å². The first-order valence-electron chi connectivity index (χ1n) is 7.06. The summed E-state index contributed by atoms with van der Waals surface area (Å²) in [5.74, 6) is 0. The van der Waals surface area contributed by atoms with Crippen LogP contribution in [0.1, 0.15) is 17.2 Å². The summed E-state index contributed by atoms with van der Waals surface area (Å²) in [4.78, 5) is 2.54. The minimum Gasteiger partial charge on any atom is -0.308 e. The number of halogens is 1. The number of piperazine rings is 1. The second-order valence-electron chi connectivity index (χ2n) is 5.28. The summed E-state index contributed by atoms with van der Waals surface area (Å²) in [7, 11) is 0. The standard InChI is InChI=1S/C17H19IN2/c18-16-8-6-14(7-9-16)12-20-11-10-19-17(13-20)15-4-2-1-3-5-15/h1-9,17,19H,10-13H2. The van der Waals surface area contributed by atoms with Gasteiger partial charge in [-0.05, 0) is 45.9 Å². The molecule has 1 N–H and O–H groups in total. The first-order valence-corrected chi connectivity index (χ1v) is 8.14. The fraction of sp³-hybridized carbons (Fsp3) is 0.294. The molecule has 2 aromatic carbocycles. The van der Waals surface area contributed by atoms with Crippen molar-refractivity contribution in [3.05, 3.63) is 69.3 Å². The van der Waals surface area contributed by atoms with E-state index < -0.39 is 0 Å². The highest BCUT2D eigenvalue weighted by atomic mass is 127. The predicted molar refractivity (Wildman–Crippen MR) is 91.6 cm³/mol. The molecule has 0 radical (unpaired) electrons. The highest BCUT2D eigenvalue weighted by Gasteiger charge is 2.20. The fourth-order valence-corrected chi connectivity index (χ4v) is 3.07. The topological polar surface area (TPSA) is 15.3 Å². The molecule has 2 aromatic rings. The lowest BCUT2D eigenvalue weighted by Gasteiger charge is -2.34. The molecule has 1 heterocycles. The molecule has 1 unspecified atom stereocenters. The van der Waals surface area contributed by atoms with Crippen LogP contribution in [-0.2, 0) is 6.54 Å². The average Bonchev–Trinajstić information content (AvgIpc) is 2.51. The third-order valence-corrected chi connectivity index (χ3v) is 4.50. The van der Waals surface area contributed by atoms with Gasteiger partial charge in [0.1, 0.15) is 0 Å². The van der Waals surface area contributed by atoms with Gasteiger partial charge in [0.05, 0.1) is 0 Å². The first-order chi connectivity index (χ1) is 9.81. The van der Waals surface area contributed by atoms with Crippen molar-refractivity contribution in [2.24, 2.45) is 0 Å². The zero-order valence-corrected chi connectivity index (χ0v) is 13.6. The molecule has 0 saturated carbocycles. The maximum Gasteiger partial charge on any atom is 0.0449 e. The van der Waals surface area contributed by atoms with E-state index in [0.29, 0.717) is 6.04 Å². The molecule has 2 nitrogen and oxygen atoms in total. The molecular formula is C17H19IN2. The fourth-order valence-electron chi connectivity index (χ4n) is 2.71. The summed E-state index contributed by atoms with van der Waals surface area (Å²) < 4.78 is 1.30. The lowest BCUT2D eigenvalue weighted by Crippen LogP contribution is -2.45. The molecule has 0 aromatic heterocycles. The third-order valence-electron chi connectivity index (χ3n) is 3.78. The van der Waals surface area contributed by atoms with Crippen LogP contribution in [0, 0.1) is 3.57 Å². The summed E-state index contributed by atoms with van der Waals surface area (Å²) in [5, 5.41) is 3.62. The van der Waals surface area contributed by atoms with Gasteiger partial charge in [-0.25, -0.2) is 0 Å². The van der Waals surface area contributed by atoms with Gasteiger partial charge in [-0.2, -0.15) is 0 Å². The Hall–Kier alpha value is -0.910. The summed E-state index contributed by atoms with van der Waals surface area (Å²) >= 11 is 2.35. The highest BCUT2D eigenvalue weighted by molar-refractivity contribution is 14.1. The van der Waals surface area contributed by atoms with Gasteiger partial charge in [0.15, 0.2) is 0 Å². The van der Waals surface area contributed by atoms with Gasteiger partial charge in [-0.1, -0.05) is 42.5 Å². The Kier molecular flexibility index (Phi) is 4.70. The number of nitrogens with one attached hydrogen (secondary N) is 1. The van der Waals surface area contributed by atoms with Gasteiger partial charge in [-0.3, -0.25) is 4.90 Å². The minimum atomic E-state index is 0.453. The Morgan fingerprint density at radius 1 is 1.05 bits per heavy atom. The monoisotopic (exact) mass is 378 g/mol. The van der Waals surface area contributed by atoms with E-state index in [1.807, 2.05) is 0 Å². The SMILES string of the molecule is Ic1ccc(CN2CCNC(c3ccccc3)C2)cc1. The van der Waals surface area contributed by atoms with Gasteiger partial charge in [-0.15, -0.1) is 0 Å². The molecule has 1 saturated heterocycles. The average molecular weight is 378 g/mol. The Morgan fingerprint density at radius 3 is 2.55 bits per heavy atom. The molecule has 0 spiro atoms. The summed E-state index contributed by atoms with van der Waals surface area (Å²) in [6.07, 6.45) is 0. The molecule has 1 fully saturated rings.